The lowest BCUT2D eigenvalue weighted by molar-refractivity contribution is -0.148. The molecule has 110 valence electrons. The SMILES string of the molecule is CNC1(C(=O)OC)CCC(SCc2cccc(C)c2)C1. The van der Waals surface area contributed by atoms with Gasteiger partial charge in [0.1, 0.15) is 5.54 Å². The lowest BCUT2D eigenvalue weighted by atomic mass is 9.98. The Labute approximate surface area is 125 Å². The number of hydrogen-bond donors (Lipinski definition) is 1. The van der Waals surface area contributed by atoms with Crippen LogP contribution in [-0.2, 0) is 15.3 Å². The molecule has 0 amide bonds. The van der Waals surface area contributed by atoms with E-state index in [2.05, 4.69) is 36.5 Å². The molecule has 0 spiro atoms. The topological polar surface area (TPSA) is 38.3 Å². The Bertz CT molecular complexity index is 477. The molecule has 0 bridgehead atoms. The number of carbonyl (C=O) groups excluding carboxylic acids is 1. The Hall–Kier alpha value is -1.00. The zero-order valence-corrected chi connectivity index (χ0v) is 13.3. The van der Waals surface area contributed by atoms with Gasteiger partial charge in [-0.2, -0.15) is 11.8 Å². The average Bonchev–Trinajstić information content (AvgIpc) is 2.89. The Kier molecular flexibility index (Phi) is 5.11. The van der Waals surface area contributed by atoms with Gasteiger partial charge in [0.25, 0.3) is 0 Å². The first-order valence-corrected chi connectivity index (χ1v) is 8.09. The predicted octanol–water partition coefficient (Wildman–Crippen LogP) is 2.91. The second-order valence-electron chi connectivity index (χ2n) is 5.49. The summed E-state index contributed by atoms with van der Waals surface area (Å²) in [5.41, 5.74) is 2.18. The van der Waals surface area contributed by atoms with E-state index in [0.717, 1.165) is 25.0 Å². The van der Waals surface area contributed by atoms with Crippen molar-refractivity contribution in [3.05, 3.63) is 35.4 Å². The maximum absolute atomic E-state index is 11.9. The fraction of sp³-hybridized carbons (Fsp3) is 0.562. The number of ether oxygens (including phenoxy) is 1. The third-order valence-electron chi connectivity index (χ3n) is 4.09. The normalized spacial score (nSPS) is 25.6. The Morgan fingerprint density at radius 3 is 3.00 bits per heavy atom. The number of benzene rings is 1. The Morgan fingerprint density at radius 2 is 2.35 bits per heavy atom. The molecular weight excluding hydrogens is 270 g/mol. The summed E-state index contributed by atoms with van der Waals surface area (Å²) in [5, 5.41) is 3.69. The number of likely N-dealkylation sites (N-methyl/N-ethyl adjacent to an activating group) is 1. The fourth-order valence-corrected chi connectivity index (χ4v) is 4.16. The zero-order chi connectivity index (χ0) is 14.6. The van der Waals surface area contributed by atoms with Crippen LogP contribution in [0, 0.1) is 6.92 Å². The first-order chi connectivity index (χ1) is 9.59. The van der Waals surface area contributed by atoms with Gasteiger partial charge in [0.05, 0.1) is 7.11 Å². The van der Waals surface area contributed by atoms with E-state index < -0.39 is 5.54 Å². The molecular formula is C16H23NO2S. The Balaban J connectivity index is 1.91. The van der Waals surface area contributed by atoms with Crippen LogP contribution in [0.3, 0.4) is 0 Å². The quantitative estimate of drug-likeness (QED) is 0.847. The molecule has 0 saturated heterocycles. The molecule has 1 aromatic carbocycles. The van der Waals surface area contributed by atoms with E-state index in [0.29, 0.717) is 5.25 Å². The summed E-state index contributed by atoms with van der Waals surface area (Å²) in [4.78, 5) is 11.9. The van der Waals surface area contributed by atoms with E-state index in [4.69, 9.17) is 4.74 Å². The van der Waals surface area contributed by atoms with Crippen LogP contribution in [0.4, 0.5) is 0 Å². The monoisotopic (exact) mass is 293 g/mol. The largest absolute Gasteiger partial charge is 0.468 e. The molecule has 2 atom stereocenters. The van der Waals surface area contributed by atoms with E-state index in [1.807, 2.05) is 18.8 Å². The highest BCUT2D eigenvalue weighted by atomic mass is 32.2. The van der Waals surface area contributed by atoms with Crippen molar-refractivity contribution in [2.24, 2.45) is 0 Å². The number of aryl methyl sites for hydroxylation is 1. The summed E-state index contributed by atoms with van der Waals surface area (Å²) in [7, 11) is 3.32. The van der Waals surface area contributed by atoms with E-state index in [-0.39, 0.29) is 5.97 Å². The highest BCUT2D eigenvalue weighted by Crippen LogP contribution is 2.38. The van der Waals surface area contributed by atoms with Gasteiger partial charge in [-0.25, -0.2) is 0 Å². The van der Waals surface area contributed by atoms with Crippen molar-refractivity contribution in [1.29, 1.82) is 0 Å². The Morgan fingerprint density at radius 1 is 1.55 bits per heavy atom. The number of esters is 1. The molecule has 1 N–H and O–H groups in total. The maximum Gasteiger partial charge on any atom is 0.326 e. The van der Waals surface area contributed by atoms with E-state index in [1.165, 1.54) is 18.2 Å². The molecule has 0 heterocycles. The van der Waals surface area contributed by atoms with Crippen molar-refractivity contribution in [3.8, 4) is 0 Å². The van der Waals surface area contributed by atoms with Gasteiger partial charge >= 0.3 is 5.97 Å². The lowest BCUT2D eigenvalue weighted by Crippen LogP contribution is -2.49. The molecule has 0 aromatic heterocycles. The van der Waals surface area contributed by atoms with Crippen LogP contribution in [-0.4, -0.2) is 30.9 Å². The molecule has 2 unspecified atom stereocenters. The molecule has 20 heavy (non-hydrogen) atoms. The van der Waals surface area contributed by atoms with Gasteiger partial charge in [0.15, 0.2) is 0 Å². The highest BCUT2D eigenvalue weighted by Gasteiger charge is 2.45. The van der Waals surface area contributed by atoms with Crippen LogP contribution in [0.5, 0.6) is 0 Å². The minimum Gasteiger partial charge on any atom is -0.468 e. The fourth-order valence-electron chi connectivity index (χ4n) is 2.87. The van der Waals surface area contributed by atoms with Crippen LogP contribution in [0.25, 0.3) is 0 Å². The third-order valence-corrected chi connectivity index (χ3v) is 5.47. The first kappa shape index (κ1) is 15.4. The smallest absolute Gasteiger partial charge is 0.326 e. The third kappa shape index (κ3) is 3.36. The molecule has 4 heteroatoms. The molecule has 1 aliphatic carbocycles. The minimum atomic E-state index is -0.473. The summed E-state index contributed by atoms with van der Waals surface area (Å²) in [5.74, 6) is 0.881. The molecule has 1 fully saturated rings. The molecule has 1 aliphatic rings. The molecule has 0 aliphatic heterocycles. The van der Waals surface area contributed by atoms with Crippen molar-refractivity contribution in [2.45, 2.75) is 42.7 Å². The lowest BCUT2D eigenvalue weighted by Gasteiger charge is -2.25. The number of nitrogens with one attached hydrogen (secondary N) is 1. The molecule has 1 saturated carbocycles. The van der Waals surface area contributed by atoms with Gasteiger partial charge in [-0.3, -0.25) is 4.79 Å². The average molecular weight is 293 g/mol. The zero-order valence-electron chi connectivity index (χ0n) is 12.4. The maximum atomic E-state index is 11.9. The van der Waals surface area contributed by atoms with Crippen molar-refractivity contribution >= 4 is 17.7 Å². The predicted molar refractivity (Wildman–Crippen MR) is 83.9 cm³/mol. The second kappa shape index (κ2) is 6.64. The van der Waals surface area contributed by atoms with Crippen LogP contribution in [0.15, 0.2) is 24.3 Å². The highest BCUT2D eigenvalue weighted by molar-refractivity contribution is 7.99. The summed E-state index contributed by atoms with van der Waals surface area (Å²) < 4.78 is 4.94. The van der Waals surface area contributed by atoms with Crippen molar-refractivity contribution < 1.29 is 9.53 Å². The van der Waals surface area contributed by atoms with Crippen molar-refractivity contribution in [1.82, 2.24) is 5.32 Å². The molecule has 1 aromatic rings. The molecule has 3 nitrogen and oxygen atoms in total. The van der Waals surface area contributed by atoms with Crippen molar-refractivity contribution in [2.75, 3.05) is 14.2 Å². The number of hydrogen-bond acceptors (Lipinski definition) is 4. The van der Waals surface area contributed by atoms with Gasteiger partial charge < -0.3 is 10.1 Å². The summed E-state index contributed by atoms with van der Waals surface area (Å²) in [6, 6.07) is 8.62. The summed E-state index contributed by atoms with van der Waals surface area (Å²) in [6.45, 7) is 2.12. The number of rotatable bonds is 5. The van der Waals surface area contributed by atoms with E-state index >= 15 is 0 Å². The molecule has 0 radical (unpaired) electrons. The van der Waals surface area contributed by atoms with E-state index in [9.17, 15) is 4.79 Å². The van der Waals surface area contributed by atoms with Gasteiger partial charge in [0, 0.05) is 11.0 Å². The van der Waals surface area contributed by atoms with Gasteiger partial charge in [-0.1, -0.05) is 29.8 Å². The standard InChI is InChI=1S/C16H23NO2S/c1-12-5-4-6-13(9-12)11-20-14-7-8-16(10-14,17-2)15(18)19-3/h4-6,9,14,17H,7-8,10-11H2,1-3H3. The number of thioether (sulfide) groups is 1. The van der Waals surface area contributed by atoms with Crippen LogP contribution >= 0.6 is 11.8 Å². The van der Waals surface area contributed by atoms with Crippen LogP contribution in [0.1, 0.15) is 30.4 Å². The number of methoxy groups -OCH3 is 1. The second-order valence-corrected chi connectivity index (χ2v) is 6.78. The van der Waals surface area contributed by atoms with E-state index in [1.54, 1.807) is 0 Å². The van der Waals surface area contributed by atoms with Gasteiger partial charge in [-0.05, 0) is 38.8 Å². The first-order valence-electron chi connectivity index (χ1n) is 7.04. The summed E-state index contributed by atoms with van der Waals surface area (Å²) >= 11 is 1.94. The van der Waals surface area contributed by atoms with Crippen molar-refractivity contribution in [3.63, 3.8) is 0 Å². The molecule has 2 rings (SSSR count). The number of carbonyl (C=O) groups is 1. The minimum absolute atomic E-state index is 0.126. The van der Waals surface area contributed by atoms with Crippen LogP contribution < -0.4 is 5.32 Å². The van der Waals surface area contributed by atoms with Gasteiger partial charge in [0.2, 0.25) is 0 Å². The summed E-state index contributed by atoms with van der Waals surface area (Å²) in [6.07, 6.45) is 2.78. The van der Waals surface area contributed by atoms with Crippen LogP contribution in [0.2, 0.25) is 0 Å². The van der Waals surface area contributed by atoms with Gasteiger partial charge in [-0.15, -0.1) is 0 Å².